The lowest BCUT2D eigenvalue weighted by Gasteiger charge is -2.40. The molecule has 8 heteroatoms. The summed E-state index contributed by atoms with van der Waals surface area (Å²) in [4.78, 5) is 16.3. The van der Waals surface area contributed by atoms with Gasteiger partial charge in [0.2, 0.25) is 5.91 Å². The van der Waals surface area contributed by atoms with E-state index in [4.69, 9.17) is 4.74 Å². The van der Waals surface area contributed by atoms with Gasteiger partial charge < -0.3 is 14.5 Å². The summed E-state index contributed by atoms with van der Waals surface area (Å²) >= 11 is 0. The van der Waals surface area contributed by atoms with Crippen LogP contribution in [0.25, 0.3) is 0 Å². The molecule has 7 nitrogen and oxygen atoms in total. The van der Waals surface area contributed by atoms with Gasteiger partial charge in [0.05, 0.1) is 28.6 Å². The van der Waals surface area contributed by atoms with E-state index in [2.05, 4.69) is 4.72 Å². The number of fused-ring (bicyclic) bond motifs is 1. The predicted molar refractivity (Wildman–Crippen MR) is 111 cm³/mol. The number of ether oxygens (including phenoxy) is 1. The van der Waals surface area contributed by atoms with E-state index >= 15 is 0 Å². The molecule has 0 saturated heterocycles. The summed E-state index contributed by atoms with van der Waals surface area (Å²) in [7, 11) is -0.372. The maximum atomic E-state index is 12.7. The monoisotopic (exact) mass is 403 g/mol. The number of benzene rings is 2. The van der Waals surface area contributed by atoms with Crippen LogP contribution in [0.2, 0.25) is 0 Å². The molecule has 1 amide bonds. The van der Waals surface area contributed by atoms with Gasteiger partial charge in [-0.3, -0.25) is 9.52 Å². The molecular formula is C20H25N3O4S. The average molecular weight is 404 g/mol. The summed E-state index contributed by atoms with van der Waals surface area (Å²) in [5, 5.41) is 0. The third-order valence-electron chi connectivity index (χ3n) is 4.92. The van der Waals surface area contributed by atoms with Crippen LogP contribution < -0.4 is 14.5 Å². The zero-order chi connectivity index (χ0) is 20.5. The van der Waals surface area contributed by atoms with Crippen LogP contribution in [0.1, 0.15) is 12.5 Å². The molecule has 1 heterocycles. The Morgan fingerprint density at radius 2 is 1.79 bits per heavy atom. The highest BCUT2D eigenvalue weighted by molar-refractivity contribution is 7.92. The molecule has 2 aromatic carbocycles. The maximum Gasteiger partial charge on any atom is 0.261 e. The molecule has 1 unspecified atom stereocenters. The van der Waals surface area contributed by atoms with E-state index in [1.165, 1.54) is 0 Å². The third-order valence-corrected chi connectivity index (χ3v) is 6.32. The quantitative estimate of drug-likeness (QED) is 0.802. The molecule has 150 valence electrons. The average Bonchev–Trinajstić information content (AvgIpc) is 2.66. The van der Waals surface area contributed by atoms with E-state index < -0.39 is 10.0 Å². The Morgan fingerprint density at radius 3 is 2.43 bits per heavy atom. The Morgan fingerprint density at radius 1 is 1.11 bits per heavy atom. The smallest absolute Gasteiger partial charge is 0.261 e. The minimum atomic E-state index is -3.70. The summed E-state index contributed by atoms with van der Waals surface area (Å²) in [5.41, 5.74) is 2.95. The summed E-state index contributed by atoms with van der Waals surface area (Å²) in [6.45, 7) is 4.72. The molecule has 0 spiro atoms. The molecule has 0 bridgehead atoms. The molecule has 2 aromatic rings. The topological polar surface area (TPSA) is 79.0 Å². The SMILES string of the molecule is COCCN1c2cc(NS(=O)(=O)c3ccc(C)cc3)ccc2N(C)C(=O)C1C. The number of nitrogens with zero attached hydrogens (tertiary/aromatic N) is 2. The molecular weight excluding hydrogens is 378 g/mol. The van der Waals surface area contributed by atoms with Crippen molar-refractivity contribution in [2.75, 3.05) is 41.8 Å². The Balaban J connectivity index is 1.96. The number of carbonyl (C=O) groups excluding carboxylic acids is 1. The van der Waals surface area contributed by atoms with E-state index in [0.717, 1.165) is 16.9 Å². The van der Waals surface area contributed by atoms with Gasteiger partial charge in [-0.05, 0) is 44.2 Å². The number of anilines is 3. The van der Waals surface area contributed by atoms with Crippen molar-refractivity contribution in [1.82, 2.24) is 0 Å². The van der Waals surface area contributed by atoms with Crippen molar-refractivity contribution in [1.29, 1.82) is 0 Å². The van der Waals surface area contributed by atoms with Crippen LogP contribution in [0.4, 0.5) is 17.1 Å². The first-order valence-electron chi connectivity index (χ1n) is 9.01. The van der Waals surface area contributed by atoms with Gasteiger partial charge in [0, 0.05) is 20.7 Å². The van der Waals surface area contributed by atoms with Crippen LogP contribution in [0, 0.1) is 6.92 Å². The van der Waals surface area contributed by atoms with Crippen molar-refractivity contribution in [2.45, 2.75) is 24.8 Å². The summed E-state index contributed by atoms with van der Waals surface area (Å²) < 4.78 is 33.2. The minimum absolute atomic E-state index is 0.0170. The maximum absolute atomic E-state index is 12.7. The van der Waals surface area contributed by atoms with Gasteiger partial charge >= 0.3 is 0 Å². The van der Waals surface area contributed by atoms with E-state index in [9.17, 15) is 13.2 Å². The largest absolute Gasteiger partial charge is 0.383 e. The van der Waals surface area contributed by atoms with Gasteiger partial charge in [0.15, 0.2) is 0 Å². The normalized spacial score (nSPS) is 16.9. The molecule has 1 aliphatic rings. The van der Waals surface area contributed by atoms with Crippen LogP contribution >= 0.6 is 0 Å². The van der Waals surface area contributed by atoms with Gasteiger partial charge in [-0.15, -0.1) is 0 Å². The number of aryl methyl sites for hydroxylation is 1. The molecule has 0 saturated carbocycles. The molecule has 0 radical (unpaired) electrons. The number of likely N-dealkylation sites (N-methyl/N-ethyl adjacent to an activating group) is 1. The number of methoxy groups -OCH3 is 1. The number of carbonyl (C=O) groups is 1. The highest BCUT2D eigenvalue weighted by Gasteiger charge is 2.33. The van der Waals surface area contributed by atoms with Crippen molar-refractivity contribution < 1.29 is 17.9 Å². The second-order valence-electron chi connectivity index (χ2n) is 6.88. The van der Waals surface area contributed by atoms with E-state index in [1.54, 1.807) is 61.5 Å². The molecule has 3 rings (SSSR count). The number of sulfonamides is 1. The fourth-order valence-electron chi connectivity index (χ4n) is 3.28. The molecule has 1 N–H and O–H groups in total. The lowest BCUT2D eigenvalue weighted by molar-refractivity contribution is -0.119. The minimum Gasteiger partial charge on any atom is -0.383 e. The first kappa shape index (κ1) is 20.2. The lowest BCUT2D eigenvalue weighted by atomic mass is 10.1. The Labute approximate surface area is 166 Å². The second kappa shape index (κ2) is 7.81. The summed E-state index contributed by atoms with van der Waals surface area (Å²) in [5.74, 6) is -0.0170. The van der Waals surface area contributed by atoms with E-state index in [-0.39, 0.29) is 16.8 Å². The van der Waals surface area contributed by atoms with Crippen LogP contribution in [0.15, 0.2) is 47.4 Å². The number of nitrogens with one attached hydrogen (secondary N) is 1. The standard InChI is InChI=1S/C20H25N3O4S/c1-14-5-8-17(9-6-14)28(25,26)21-16-7-10-18-19(13-16)23(11-12-27-4)15(2)20(24)22(18)3/h5-10,13,15,21H,11-12H2,1-4H3. The zero-order valence-electron chi connectivity index (χ0n) is 16.5. The van der Waals surface area contributed by atoms with Crippen LogP contribution in [-0.4, -0.2) is 47.7 Å². The van der Waals surface area contributed by atoms with Crippen molar-refractivity contribution in [3.63, 3.8) is 0 Å². The third kappa shape index (κ3) is 3.83. The highest BCUT2D eigenvalue weighted by Crippen LogP contribution is 2.37. The Kier molecular flexibility index (Phi) is 5.62. The first-order valence-corrected chi connectivity index (χ1v) is 10.5. The number of hydrogen-bond donors (Lipinski definition) is 1. The van der Waals surface area contributed by atoms with Gasteiger partial charge in [-0.2, -0.15) is 0 Å². The number of amides is 1. The molecule has 28 heavy (non-hydrogen) atoms. The van der Waals surface area contributed by atoms with Gasteiger partial charge in [-0.1, -0.05) is 17.7 Å². The van der Waals surface area contributed by atoms with Crippen LogP contribution in [-0.2, 0) is 19.6 Å². The van der Waals surface area contributed by atoms with Crippen LogP contribution in [0.5, 0.6) is 0 Å². The van der Waals surface area contributed by atoms with Gasteiger partial charge in [-0.25, -0.2) is 8.42 Å². The molecule has 1 aliphatic heterocycles. The Bertz CT molecular complexity index is 973. The van der Waals surface area contributed by atoms with E-state index in [0.29, 0.717) is 18.8 Å². The van der Waals surface area contributed by atoms with Crippen molar-refractivity contribution in [2.24, 2.45) is 0 Å². The van der Waals surface area contributed by atoms with Crippen molar-refractivity contribution in [3.8, 4) is 0 Å². The molecule has 0 fully saturated rings. The van der Waals surface area contributed by atoms with Gasteiger partial charge in [0.25, 0.3) is 10.0 Å². The molecule has 1 atom stereocenters. The summed E-state index contributed by atoms with van der Waals surface area (Å²) in [6, 6.07) is 11.5. The highest BCUT2D eigenvalue weighted by atomic mass is 32.2. The first-order chi connectivity index (χ1) is 13.2. The van der Waals surface area contributed by atoms with Crippen molar-refractivity contribution >= 4 is 33.0 Å². The van der Waals surface area contributed by atoms with Crippen LogP contribution in [0.3, 0.4) is 0 Å². The number of rotatable bonds is 6. The molecule has 0 aliphatic carbocycles. The van der Waals surface area contributed by atoms with Crippen molar-refractivity contribution in [3.05, 3.63) is 48.0 Å². The van der Waals surface area contributed by atoms with Gasteiger partial charge in [0.1, 0.15) is 6.04 Å². The second-order valence-corrected chi connectivity index (χ2v) is 8.56. The fourth-order valence-corrected chi connectivity index (χ4v) is 4.33. The fraction of sp³-hybridized carbons (Fsp3) is 0.350. The zero-order valence-corrected chi connectivity index (χ0v) is 17.3. The number of hydrogen-bond acceptors (Lipinski definition) is 5. The van der Waals surface area contributed by atoms with E-state index in [1.807, 2.05) is 18.7 Å². The summed E-state index contributed by atoms with van der Waals surface area (Å²) in [6.07, 6.45) is 0. The molecule has 0 aromatic heterocycles. The Hall–Kier alpha value is -2.58. The predicted octanol–water partition coefficient (Wildman–Crippen LogP) is 2.61. The lowest BCUT2D eigenvalue weighted by Crippen LogP contribution is -2.51.